The summed E-state index contributed by atoms with van der Waals surface area (Å²) in [5.41, 5.74) is 4.72. The zero-order valence-corrected chi connectivity index (χ0v) is 13.4. The Kier molecular flexibility index (Phi) is 4.52. The zero-order valence-electron chi connectivity index (χ0n) is 13.4. The smallest absolute Gasteiger partial charge is 0.135 e. The van der Waals surface area contributed by atoms with Crippen LogP contribution in [0.15, 0.2) is 60.9 Å². The molecule has 0 saturated heterocycles. The van der Waals surface area contributed by atoms with Crippen LogP contribution in [0.3, 0.4) is 0 Å². The second kappa shape index (κ2) is 6.92. The highest BCUT2D eigenvalue weighted by Crippen LogP contribution is 2.19. The number of nitrogens with one attached hydrogen (secondary N) is 2. The van der Waals surface area contributed by atoms with E-state index in [-0.39, 0.29) is 0 Å². The summed E-state index contributed by atoms with van der Waals surface area (Å²) < 4.78 is 0. The maximum Gasteiger partial charge on any atom is 0.135 e. The first-order valence-corrected chi connectivity index (χ1v) is 7.65. The van der Waals surface area contributed by atoms with Crippen molar-refractivity contribution in [3.05, 3.63) is 77.6 Å². The largest absolute Gasteiger partial charge is 0.366 e. The fraction of sp³-hybridized carbons (Fsp3) is 0.158. The van der Waals surface area contributed by atoms with Crippen molar-refractivity contribution in [2.24, 2.45) is 0 Å². The van der Waals surface area contributed by atoms with Crippen LogP contribution in [0.5, 0.6) is 0 Å². The molecule has 23 heavy (non-hydrogen) atoms. The van der Waals surface area contributed by atoms with Crippen molar-refractivity contribution < 1.29 is 0 Å². The second-order valence-corrected chi connectivity index (χ2v) is 5.57. The van der Waals surface area contributed by atoms with E-state index in [2.05, 4.69) is 64.8 Å². The van der Waals surface area contributed by atoms with Gasteiger partial charge in [-0.2, -0.15) is 0 Å². The molecule has 116 valence electrons. The third kappa shape index (κ3) is 4.07. The highest BCUT2D eigenvalue weighted by Gasteiger charge is 2.02. The minimum absolute atomic E-state index is 0.737. The molecule has 1 aromatic heterocycles. The first-order valence-electron chi connectivity index (χ1n) is 7.65. The lowest BCUT2D eigenvalue weighted by atomic mass is 10.1. The Morgan fingerprint density at radius 1 is 0.870 bits per heavy atom. The molecule has 0 aliphatic carbocycles. The molecule has 4 heteroatoms. The minimum atomic E-state index is 0.737. The molecule has 3 aromatic rings. The summed E-state index contributed by atoms with van der Waals surface area (Å²) in [6.45, 7) is 4.90. The van der Waals surface area contributed by atoms with Crippen molar-refractivity contribution in [1.82, 2.24) is 9.97 Å². The molecule has 4 nitrogen and oxygen atoms in total. The Morgan fingerprint density at radius 2 is 1.61 bits per heavy atom. The van der Waals surface area contributed by atoms with Gasteiger partial charge in [-0.3, -0.25) is 0 Å². The van der Waals surface area contributed by atoms with Crippen LogP contribution < -0.4 is 10.6 Å². The number of aryl methyl sites for hydroxylation is 2. The highest BCUT2D eigenvalue weighted by atomic mass is 15.1. The van der Waals surface area contributed by atoms with Crippen molar-refractivity contribution in [2.45, 2.75) is 20.4 Å². The molecular weight excluding hydrogens is 284 g/mol. The fourth-order valence-corrected chi connectivity index (χ4v) is 2.27. The topological polar surface area (TPSA) is 49.8 Å². The van der Waals surface area contributed by atoms with Gasteiger partial charge in [0.25, 0.3) is 0 Å². The van der Waals surface area contributed by atoms with Gasteiger partial charge in [0.1, 0.15) is 18.0 Å². The van der Waals surface area contributed by atoms with Crippen molar-refractivity contribution >= 4 is 17.3 Å². The molecular formula is C19H20N4. The second-order valence-electron chi connectivity index (χ2n) is 5.57. The van der Waals surface area contributed by atoms with Gasteiger partial charge in [0.05, 0.1) is 0 Å². The summed E-state index contributed by atoms with van der Waals surface area (Å²) in [6, 6.07) is 18.5. The lowest BCUT2D eigenvalue weighted by Gasteiger charge is -2.10. The van der Waals surface area contributed by atoms with E-state index in [0.29, 0.717) is 0 Å². The van der Waals surface area contributed by atoms with Crippen LogP contribution in [0, 0.1) is 13.8 Å². The van der Waals surface area contributed by atoms with Crippen LogP contribution in [0.25, 0.3) is 0 Å². The van der Waals surface area contributed by atoms with Gasteiger partial charge < -0.3 is 10.6 Å². The van der Waals surface area contributed by atoms with E-state index in [1.807, 2.05) is 24.3 Å². The van der Waals surface area contributed by atoms with Crippen LogP contribution in [-0.2, 0) is 6.54 Å². The van der Waals surface area contributed by atoms with E-state index in [9.17, 15) is 0 Å². The van der Waals surface area contributed by atoms with E-state index >= 15 is 0 Å². The molecule has 2 N–H and O–H groups in total. The summed E-state index contributed by atoms with van der Waals surface area (Å²) in [4.78, 5) is 8.55. The fourth-order valence-electron chi connectivity index (χ4n) is 2.27. The zero-order chi connectivity index (χ0) is 16.1. The Labute approximate surface area is 136 Å². The number of hydrogen-bond acceptors (Lipinski definition) is 4. The molecule has 0 aliphatic rings. The maximum absolute atomic E-state index is 4.28. The number of aromatic nitrogens is 2. The summed E-state index contributed by atoms with van der Waals surface area (Å²) >= 11 is 0. The van der Waals surface area contributed by atoms with Crippen molar-refractivity contribution in [3.8, 4) is 0 Å². The Morgan fingerprint density at radius 3 is 2.39 bits per heavy atom. The van der Waals surface area contributed by atoms with Gasteiger partial charge in [0, 0.05) is 18.3 Å². The van der Waals surface area contributed by atoms with E-state index in [1.54, 1.807) is 6.33 Å². The summed E-state index contributed by atoms with van der Waals surface area (Å²) in [5, 5.41) is 6.66. The van der Waals surface area contributed by atoms with Crippen LogP contribution in [0.4, 0.5) is 17.3 Å². The van der Waals surface area contributed by atoms with Gasteiger partial charge in [0.15, 0.2) is 0 Å². The molecule has 0 unspecified atom stereocenters. The highest BCUT2D eigenvalue weighted by molar-refractivity contribution is 5.61. The molecule has 0 radical (unpaired) electrons. The summed E-state index contributed by atoms with van der Waals surface area (Å²) in [7, 11) is 0. The van der Waals surface area contributed by atoms with Crippen molar-refractivity contribution in [3.63, 3.8) is 0 Å². The Balaban J connectivity index is 1.67. The van der Waals surface area contributed by atoms with Crippen LogP contribution in [0.1, 0.15) is 16.7 Å². The van der Waals surface area contributed by atoms with E-state index < -0.39 is 0 Å². The number of hydrogen-bond donors (Lipinski definition) is 2. The average Bonchev–Trinajstić information content (AvgIpc) is 2.57. The van der Waals surface area contributed by atoms with Gasteiger partial charge in [0.2, 0.25) is 0 Å². The third-order valence-corrected chi connectivity index (χ3v) is 3.67. The molecule has 3 rings (SSSR count). The molecule has 0 aliphatic heterocycles. The average molecular weight is 304 g/mol. The number of benzene rings is 2. The first-order chi connectivity index (χ1) is 11.2. The van der Waals surface area contributed by atoms with Gasteiger partial charge in [-0.05, 0) is 31.0 Å². The molecule has 1 heterocycles. The number of anilines is 3. The van der Waals surface area contributed by atoms with E-state index in [4.69, 9.17) is 0 Å². The summed E-state index contributed by atoms with van der Waals surface area (Å²) in [5.74, 6) is 1.58. The first kappa shape index (κ1) is 15.0. The van der Waals surface area contributed by atoms with Crippen molar-refractivity contribution in [2.75, 3.05) is 10.6 Å². The monoisotopic (exact) mass is 304 g/mol. The molecule has 2 aromatic carbocycles. The lowest BCUT2D eigenvalue weighted by Crippen LogP contribution is -2.03. The van der Waals surface area contributed by atoms with Crippen LogP contribution in [-0.4, -0.2) is 9.97 Å². The number of rotatable bonds is 5. The van der Waals surface area contributed by atoms with Gasteiger partial charge in [-0.15, -0.1) is 0 Å². The molecule has 0 fully saturated rings. The summed E-state index contributed by atoms with van der Waals surface area (Å²) in [6.07, 6.45) is 1.57. The normalized spacial score (nSPS) is 10.3. The Hall–Kier alpha value is -2.88. The van der Waals surface area contributed by atoms with Crippen molar-refractivity contribution in [1.29, 1.82) is 0 Å². The van der Waals surface area contributed by atoms with Gasteiger partial charge in [-0.25, -0.2) is 9.97 Å². The SMILES string of the molecule is Cc1ccc(CNc2cc(Nc3ccccc3C)ncn2)cc1. The molecule has 0 bridgehead atoms. The van der Waals surface area contributed by atoms with Crippen LogP contribution in [0.2, 0.25) is 0 Å². The van der Waals surface area contributed by atoms with E-state index in [0.717, 1.165) is 23.9 Å². The molecule has 0 saturated carbocycles. The van der Waals surface area contributed by atoms with E-state index in [1.165, 1.54) is 16.7 Å². The van der Waals surface area contributed by atoms with Gasteiger partial charge in [-0.1, -0.05) is 48.0 Å². The van der Waals surface area contributed by atoms with Gasteiger partial charge >= 0.3 is 0 Å². The quantitative estimate of drug-likeness (QED) is 0.731. The number of nitrogens with zero attached hydrogens (tertiary/aromatic N) is 2. The third-order valence-electron chi connectivity index (χ3n) is 3.67. The lowest BCUT2D eigenvalue weighted by molar-refractivity contribution is 1.08. The number of para-hydroxylation sites is 1. The predicted octanol–water partition coefficient (Wildman–Crippen LogP) is 4.45. The predicted molar refractivity (Wildman–Crippen MR) is 95.0 cm³/mol. The Bertz CT molecular complexity index is 781. The minimum Gasteiger partial charge on any atom is -0.366 e. The molecule has 0 spiro atoms. The maximum atomic E-state index is 4.28. The van der Waals surface area contributed by atoms with Crippen LogP contribution >= 0.6 is 0 Å². The molecule has 0 amide bonds. The standard InChI is InChI=1S/C19H20N4/c1-14-7-9-16(10-8-14)12-20-18-11-19(22-13-21-18)23-17-6-4-3-5-15(17)2/h3-11,13H,12H2,1-2H3,(H2,20,21,22,23). The molecule has 0 atom stereocenters.